The first-order valence-electron chi connectivity index (χ1n) is 8.29. The van der Waals surface area contributed by atoms with Crippen LogP contribution in [-0.2, 0) is 4.74 Å². The molecule has 1 spiro atoms. The highest BCUT2D eigenvalue weighted by Gasteiger charge is 2.56. The normalized spacial score (nSPS) is 28.5. The molecule has 2 aliphatic carbocycles. The van der Waals surface area contributed by atoms with Crippen molar-refractivity contribution in [3.05, 3.63) is 34.3 Å². The Morgan fingerprint density at radius 2 is 1.95 bits per heavy atom. The third kappa shape index (κ3) is 2.93. The summed E-state index contributed by atoms with van der Waals surface area (Å²) in [4.78, 5) is 0. The molecular formula is C18H26BrNO. The van der Waals surface area contributed by atoms with Gasteiger partial charge in [-0.25, -0.2) is 0 Å². The fourth-order valence-corrected chi connectivity index (χ4v) is 4.53. The van der Waals surface area contributed by atoms with Gasteiger partial charge in [0, 0.05) is 28.6 Å². The van der Waals surface area contributed by atoms with Crippen molar-refractivity contribution in [3.63, 3.8) is 0 Å². The summed E-state index contributed by atoms with van der Waals surface area (Å²) in [5.74, 6) is 0. The topological polar surface area (TPSA) is 21.3 Å². The Morgan fingerprint density at radius 3 is 2.57 bits per heavy atom. The van der Waals surface area contributed by atoms with E-state index in [-0.39, 0.29) is 0 Å². The highest BCUT2D eigenvalue weighted by atomic mass is 79.9. The number of ether oxygens (including phenoxy) is 1. The number of halogens is 1. The summed E-state index contributed by atoms with van der Waals surface area (Å²) in [6.45, 7) is 5.25. The van der Waals surface area contributed by atoms with Crippen molar-refractivity contribution in [2.24, 2.45) is 5.41 Å². The molecule has 0 radical (unpaired) electrons. The number of hydrogen-bond donors (Lipinski definition) is 1. The van der Waals surface area contributed by atoms with E-state index in [1.807, 2.05) is 0 Å². The number of rotatable bonds is 5. The second-order valence-electron chi connectivity index (χ2n) is 6.61. The van der Waals surface area contributed by atoms with E-state index in [9.17, 15) is 0 Å². The van der Waals surface area contributed by atoms with Crippen molar-refractivity contribution >= 4 is 15.9 Å². The molecule has 0 saturated heterocycles. The summed E-state index contributed by atoms with van der Waals surface area (Å²) in [5.41, 5.74) is 1.78. The molecule has 0 bridgehead atoms. The van der Waals surface area contributed by atoms with Crippen molar-refractivity contribution in [3.8, 4) is 0 Å². The van der Waals surface area contributed by atoms with Gasteiger partial charge in [-0.3, -0.25) is 0 Å². The van der Waals surface area contributed by atoms with E-state index in [0.29, 0.717) is 23.6 Å². The zero-order valence-corrected chi connectivity index (χ0v) is 14.7. The van der Waals surface area contributed by atoms with Crippen molar-refractivity contribution < 1.29 is 4.74 Å². The summed E-state index contributed by atoms with van der Waals surface area (Å²) in [6.07, 6.45) is 7.07. The van der Waals surface area contributed by atoms with Gasteiger partial charge < -0.3 is 10.1 Å². The molecule has 116 valence electrons. The fraction of sp³-hybridized carbons (Fsp3) is 0.667. The van der Waals surface area contributed by atoms with Crippen molar-refractivity contribution in [2.45, 2.75) is 64.1 Å². The lowest BCUT2D eigenvalue weighted by atomic mass is 9.60. The van der Waals surface area contributed by atoms with Crippen molar-refractivity contribution in [2.75, 3.05) is 6.61 Å². The van der Waals surface area contributed by atoms with Gasteiger partial charge in [-0.15, -0.1) is 0 Å². The van der Waals surface area contributed by atoms with E-state index in [1.165, 1.54) is 37.7 Å². The van der Waals surface area contributed by atoms with E-state index in [4.69, 9.17) is 4.74 Å². The monoisotopic (exact) mass is 351 g/mol. The van der Waals surface area contributed by atoms with E-state index in [0.717, 1.165) is 11.1 Å². The number of hydrogen-bond acceptors (Lipinski definition) is 2. The molecule has 1 N–H and O–H groups in total. The molecule has 2 nitrogen and oxygen atoms in total. The first-order chi connectivity index (χ1) is 10.2. The van der Waals surface area contributed by atoms with Gasteiger partial charge in [0.2, 0.25) is 0 Å². The number of benzene rings is 1. The van der Waals surface area contributed by atoms with Crippen LogP contribution in [0.25, 0.3) is 0 Å². The van der Waals surface area contributed by atoms with E-state index >= 15 is 0 Å². The smallest absolute Gasteiger partial charge is 0.0661 e. The maximum atomic E-state index is 6.00. The van der Waals surface area contributed by atoms with Crippen molar-refractivity contribution in [1.82, 2.24) is 5.32 Å². The van der Waals surface area contributed by atoms with Gasteiger partial charge in [0.25, 0.3) is 0 Å². The Morgan fingerprint density at radius 1 is 1.29 bits per heavy atom. The van der Waals surface area contributed by atoms with Crippen LogP contribution in [0, 0.1) is 5.41 Å². The molecule has 0 aromatic heterocycles. The van der Waals surface area contributed by atoms with Crippen molar-refractivity contribution in [1.29, 1.82) is 0 Å². The second kappa shape index (κ2) is 6.39. The van der Waals surface area contributed by atoms with Crippen LogP contribution in [0.15, 0.2) is 28.7 Å². The van der Waals surface area contributed by atoms with Crippen LogP contribution in [0.3, 0.4) is 0 Å². The molecule has 0 amide bonds. The molecule has 2 unspecified atom stereocenters. The Kier molecular flexibility index (Phi) is 4.72. The van der Waals surface area contributed by atoms with E-state index in [1.54, 1.807) is 0 Å². The molecule has 2 fully saturated rings. The molecule has 3 heteroatoms. The Balaban J connectivity index is 1.66. The molecule has 2 aliphatic rings. The van der Waals surface area contributed by atoms with Gasteiger partial charge in [0.15, 0.2) is 0 Å². The average molecular weight is 352 g/mol. The third-order valence-electron chi connectivity index (χ3n) is 5.51. The quantitative estimate of drug-likeness (QED) is 0.819. The van der Waals surface area contributed by atoms with Gasteiger partial charge in [-0.1, -0.05) is 40.9 Å². The van der Waals surface area contributed by atoms with Crippen LogP contribution in [0.2, 0.25) is 0 Å². The minimum absolute atomic E-state index is 0.406. The first kappa shape index (κ1) is 15.5. The van der Waals surface area contributed by atoms with Gasteiger partial charge in [-0.2, -0.15) is 0 Å². The predicted octanol–water partition coefficient (Wildman–Crippen LogP) is 4.84. The predicted molar refractivity (Wildman–Crippen MR) is 90.4 cm³/mol. The summed E-state index contributed by atoms with van der Waals surface area (Å²) in [7, 11) is 0. The highest BCUT2D eigenvalue weighted by Crippen LogP contribution is 2.55. The standard InChI is InChI=1S/C18H26BrNO/c1-3-21-17-12-16(18(17)10-4-5-11-18)20-13(2)14-6-8-15(19)9-7-14/h6-9,13,16-17,20H,3-5,10-12H2,1-2H3/t13-,16?,17?/m0/s1. The molecule has 1 aromatic rings. The van der Waals surface area contributed by atoms with Crippen LogP contribution >= 0.6 is 15.9 Å². The Labute approximate surface area is 136 Å². The largest absolute Gasteiger partial charge is 0.378 e. The zero-order valence-electron chi connectivity index (χ0n) is 13.1. The fourth-order valence-electron chi connectivity index (χ4n) is 4.27. The van der Waals surface area contributed by atoms with Crippen LogP contribution in [0.1, 0.15) is 57.6 Å². The molecule has 1 aromatic carbocycles. The minimum Gasteiger partial charge on any atom is -0.378 e. The Bertz CT molecular complexity index is 467. The van der Waals surface area contributed by atoms with Crippen LogP contribution in [0.4, 0.5) is 0 Å². The first-order valence-corrected chi connectivity index (χ1v) is 9.08. The third-order valence-corrected chi connectivity index (χ3v) is 6.04. The average Bonchev–Trinajstić information content (AvgIpc) is 2.99. The summed E-state index contributed by atoms with van der Waals surface area (Å²) in [5, 5.41) is 3.88. The van der Waals surface area contributed by atoms with Crippen LogP contribution < -0.4 is 5.32 Å². The maximum Gasteiger partial charge on any atom is 0.0661 e. The molecule has 3 atom stereocenters. The molecule has 2 saturated carbocycles. The van der Waals surface area contributed by atoms with Gasteiger partial charge in [-0.05, 0) is 50.8 Å². The Hall–Kier alpha value is -0.380. The summed E-state index contributed by atoms with van der Waals surface area (Å²) >= 11 is 3.51. The molecule has 0 heterocycles. The lowest BCUT2D eigenvalue weighted by molar-refractivity contribution is -0.132. The zero-order chi connectivity index (χ0) is 14.9. The van der Waals surface area contributed by atoms with Gasteiger partial charge in [0.05, 0.1) is 6.10 Å². The summed E-state index contributed by atoms with van der Waals surface area (Å²) in [6, 6.07) is 9.70. The highest BCUT2D eigenvalue weighted by molar-refractivity contribution is 9.10. The van der Waals surface area contributed by atoms with Gasteiger partial charge in [0.1, 0.15) is 0 Å². The van der Waals surface area contributed by atoms with Gasteiger partial charge >= 0.3 is 0 Å². The lowest BCUT2D eigenvalue weighted by Crippen LogP contribution is -2.63. The molecular weight excluding hydrogens is 326 g/mol. The SMILES string of the molecule is CCOC1CC(N[C@@H](C)c2ccc(Br)cc2)C12CCCC2. The summed E-state index contributed by atoms with van der Waals surface area (Å²) < 4.78 is 7.15. The maximum absolute atomic E-state index is 6.00. The second-order valence-corrected chi connectivity index (χ2v) is 7.53. The molecule has 0 aliphatic heterocycles. The van der Waals surface area contributed by atoms with E-state index < -0.39 is 0 Å². The van der Waals surface area contributed by atoms with Crippen LogP contribution in [-0.4, -0.2) is 18.8 Å². The molecule has 21 heavy (non-hydrogen) atoms. The van der Waals surface area contributed by atoms with E-state index in [2.05, 4.69) is 59.4 Å². The molecule has 3 rings (SSSR count). The lowest BCUT2D eigenvalue weighted by Gasteiger charge is -2.55. The van der Waals surface area contributed by atoms with Crippen LogP contribution in [0.5, 0.6) is 0 Å². The number of nitrogens with one attached hydrogen (secondary N) is 1. The minimum atomic E-state index is 0.406.